The lowest BCUT2D eigenvalue weighted by atomic mass is 9.81. The van der Waals surface area contributed by atoms with Crippen LogP contribution >= 0.6 is 11.6 Å². The molecule has 0 heterocycles. The molecule has 2 aliphatic rings. The summed E-state index contributed by atoms with van der Waals surface area (Å²) in [6.07, 6.45) is 9.69. The molecule has 58 valence electrons. The molecular weight excluding hydrogens is 144 g/mol. The highest BCUT2D eigenvalue weighted by molar-refractivity contribution is 6.25. The van der Waals surface area contributed by atoms with E-state index < -0.39 is 0 Å². The zero-order valence-electron chi connectivity index (χ0n) is 6.41. The Balaban J connectivity index is 1.63. The normalized spacial score (nSPS) is 29.7. The van der Waals surface area contributed by atoms with Crippen LogP contribution in [-0.4, -0.2) is 4.87 Å². The Kier molecular flexibility index (Phi) is 1.68. The van der Waals surface area contributed by atoms with Crippen molar-refractivity contribution in [3.63, 3.8) is 0 Å². The van der Waals surface area contributed by atoms with E-state index in [4.69, 9.17) is 11.6 Å². The Hall–Kier alpha value is 0.290. The molecule has 2 fully saturated rings. The molecule has 0 radical (unpaired) electrons. The molecular formula is C9H15Cl. The fraction of sp³-hybridized carbons (Fsp3) is 1.00. The van der Waals surface area contributed by atoms with E-state index in [2.05, 4.69) is 0 Å². The smallest absolute Gasteiger partial charge is 0.0448 e. The first-order chi connectivity index (χ1) is 4.79. The number of rotatable bonds is 3. The molecule has 1 heteroatoms. The van der Waals surface area contributed by atoms with Crippen LogP contribution in [0.1, 0.15) is 44.9 Å². The molecule has 0 bridgehead atoms. The minimum absolute atomic E-state index is 0.287. The average Bonchev–Trinajstić information content (AvgIpc) is 2.44. The minimum Gasteiger partial charge on any atom is -0.119 e. The van der Waals surface area contributed by atoms with Crippen molar-refractivity contribution in [2.24, 2.45) is 5.92 Å². The first-order valence-electron chi connectivity index (χ1n) is 4.47. The van der Waals surface area contributed by atoms with Crippen LogP contribution < -0.4 is 0 Å². The zero-order chi connectivity index (χ0) is 7.03. The van der Waals surface area contributed by atoms with Gasteiger partial charge in [0.05, 0.1) is 0 Å². The molecule has 0 amide bonds. The Morgan fingerprint density at radius 3 is 2.40 bits per heavy atom. The number of hydrogen-bond acceptors (Lipinski definition) is 0. The van der Waals surface area contributed by atoms with Gasteiger partial charge in [0.15, 0.2) is 0 Å². The summed E-state index contributed by atoms with van der Waals surface area (Å²) >= 11 is 6.17. The Labute approximate surface area is 68.0 Å². The van der Waals surface area contributed by atoms with Crippen LogP contribution in [0.3, 0.4) is 0 Å². The molecule has 0 nitrogen and oxygen atoms in total. The van der Waals surface area contributed by atoms with Crippen molar-refractivity contribution in [1.29, 1.82) is 0 Å². The van der Waals surface area contributed by atoms with Gasteiger partial charge in [-0.1, -0.05) is 19.3 Å². The van der Waals surface area contributed by atoms with Crippen LogP contribution in [0.5, 0.6) is 0 Å². The van der Waals surface area contributed by atoms with E-state index in [9.17, 15) is 0 Å². The average molecular weight is 159 g/mol. The van der Waals surface area contributed by atoms with Crippen LogP contribution in [0.2, 0.25) is 0 Å². The maximum absolute atomic E-state index is 6.17. The predicted octanol–water partition coefficient (Wildman–Crippen LogP) is 3.34. The van der Waals surface area contributed by atoms with Gasteiger partial charge in [-0.05, 0) is 31.6 Å². The third-order valence-corrected chi connectivity index (χ3v) is 3.58. The van der Waals surface area contributed by atoms with Crippen molar-refractivity contribution in [2.45, 2.75) is 49.8 Å². The van der Waals surface area contributed by atoms with Gasteiger partial charge < -0.3 is 0 Å². The molecule has 0 aromatic heterocycles. The second-order valence-corrected chi connectivity index (χ2v) is 4.79. The Morgan fingerprint density at radius 1 is 1.30 bits per heavy atom. The molecule has 0 atom stereocenters. The van der Waals surface area contributed by atoms with E-state index >= 15 is 0 Å². The Bertz CT molecular complexity index is 123. The van der Waals surface area contributed by atoms with Crippen molar-refractivity contribution in [1.82, 2.24) is 0 Å². The maximum Gasteiger partial charge on any atom is 0.0448 e. The minimum atomic E-state index is 0.287. The summed E-state index contributed by atoms with van der Waals surface area (Å²) in [5, 5.41) is 0. The van der Waals surface area contributed by atoms with Crippen LogP contribution in [0.4, 0.5) is 0 Å². The van der Waals surface area contributed by atoms with Gasteiger partial charge in [-0.3, -0.25) is 0 Å². The number of halogens is 1. The van der Waals surface area contributed by atoms with E-state index in [0.717, 1.165) is 5.92 Å². The van der Waals surface area contributed by atoms with Crippen molar-refractivity contribution >= 4 is 11.6 Å². The molecule has 0 aromatic rings. The first kappa shape index (κ1) is 6.97. The summed E-state index contributed by atoms with van der Waals surface area (Å²) in [5.74, 6) is 1.05. The quantitative estimate of drug-likeness (QED) is 0.553. The highest BCUT2D eigenvalue weighted by Crippen LogP contribution is 2.48. The molecule has 0 unspecified atom stereocenters. The molecule has 0 saturated heterocycles. The molecule has 0 aliphatic heterocycles. The summed E-state index contributed by atoms with van der Waals surface area (Å²) in [6, 6.07) is 0. The largest absolute Gasteiger partial charge is 0.119 e. The van der Waals surface area contributed by atoms with Crippen molar-refractivity contribution in [3.8, 4) is 0 Å². The molecule has 0 aromatic carbocycles. The molecule has 2 saturated carbocycles. The van der Waals surface area contributed by atoms with Gasteiger partial charge in [-0.25, -0.2) is 0 Å². The van der Waals surface area contributed by atoms with Gasteiger partial charge in [0.25, 0.3) is 0 Å². The van der Waals surface area contributed by atoms with Gasteiger partial charge in [0.2, 0.25) is 0 Å². The van der Waals surface area contributed by atoms with E-state index in [0.29, 0.717) is 0 Å². The van der Waals surface area contributed by atoms with Gasteiger partial charge in [-0.2, -0.15) is 0 Å². The summed E-state index contributed by atoms with van der Waals surface area (Å²) in [4.78, 5) is 0.287. The summed E-state index contributed by atoms with van der Waals surface area (Å²) in [6.45, 7) is 0. The SMILES string of the molecule is ClC1(CCC2CCC2)CC1. The predicted molar refractivity (Wildman–Crippen MR) is 44.4 cm³/mol. The summed E-state index contributed by atoms with van der Waals surface area (Å²) in [7, 11) is 0. The van der Waals surface area contributed by atoms with E-state index in [1.54, 1.807) is 0 Å². The van der Waals surface area contributed by atoms with E-state index in [1.165, 1.54) is 44.9 Å². The third kappa shape index (κ3) is 1.47. The van der Waals surface area contributed by atoms with Crippen molar-refractivity contribution < 1.29 is 0 Å². The van der Waals surface area contributed by atoms with Crippen LogP contribution in [-0.2, 0) is 0 Å². The van der Waals surface area contributed by atoms with Gasteiger partial charge in [-0.15, -0.1) is 11.6 Å². The zero-order valence-corrected chi connectivity index (χ0v) is 7.16. The molecule has 10 heavy (non-hydrogen) atoms. The number of alkyl halides is 1. The van der Waals surface area contributed by atoms with Gasteiger partial charge in [0.1, 0.15) is 0 Å². The molecule has 2 rings (SSSR count). The van der Waals surface area contributed by atoms with Crippen molar-refractivity contribution in [2.75, 3.05) is 0 Å². The molecule has 2 aliphatic carbocycles. The highest BCUT2D eigenvalue weighted by Gasteiger charge is 2.40. The fourth-order valence-corrected chi connectivity index (χ4v) is 1.83. The van der Waals surface area contributed by atoms with Crippen LogP contribution in [0.25, 0.3) is 0 Å². The van der Waals surface area contributed by atoms with Crippen molar-refractivity contribution in [3.05, 3.63) is 0 Å². The van der Waals surface area contributed by atoms with E-state index in [-0.39, 0.29) is 4.87 Å². The van der Waals surface area contributed by atoms with Crippen LogP contribution in [0.15, 0.2) is 0 Å². The lowest BCUT2D eigenvalue weighted by Gasteiger charge is -2.25. The molecule has 0 N–H and O–H groups in total. The van der Waals surface area contributed by atoms with Gasteiger partial charge in [0, 0.05) is 4.87 Å². The number of hydrogen-bond donors (Lipinski definition) is 0. The summed E-state index contributed by atoms with van der Waals surface area (Å²) < 4.78 is 0. The van der Waals surface area contributed by atoms with Gasteiger partial charge >= 0.3 is 0 Å². The lowest BCUT2D eigenvalue weighted by Crippen LogP contribution is -2.13. The fourth-order valence-electron chi connectivity index (χ4n) is 1.63. The lowest BCUT2D eigenvalue weighted by molar-refractivity contribution is 0.287. The molecule has 0 spiro atoms. The Morgan fingerprint density at radius 2 is 2.00 bits per heavy atom. The maximum atomic E-state index is 6.17. The summed E-state index contributed by atoms with van der Waals surface area (Å²) in [5.41, 5.74) is 0. The van der Waals surface area contributed by atoms with E-state index in [1.807, 2.05) is 0 Å². The van der Waals surface area contributed by atoms with Crippen LogP contribution in [0, 0.1) is 5.92 Å². The second-order valence-electron chi connectivity index (χ2n) is 3.99. The monoisotopic (exact) mass is 158 g/mol. The highest BCUT2D eigenvalue weighted by atomic mass is 35.5. The topological polar surface area (TPSA) is 0 Å². The third-order valence-electron chi connectivity index (χ3n) is 3.02. The second kappa shape index (κ2) is 2.41. The standard InChI is InChI=1S/C9H15Cl/c10-9(6-7-9)5-4-8-2-1-3-8/h8H,1-7H2. The first-order valence-corrected chi connectivity index (χ1v) is 4.85.